The number of rotatable bonds is 3. The first-order valence-corrected chi connectivity index (χ1v) is 9.56. The van der Waals surface area contributed by atoms with E-state index >= 15 is 0 Å². The second kappa shape index (κ2) is 5.31. The minimum Gasteiger partial charge on any atom is -0.340 e. The van der Waals surface area contributed by atoms with Crippen molar-refractivity contribution in [2.75, 3.05) is 19.6 Å². The summed E-state index contributed by atoms with van der Waals surface area (Å²) in [4.78, 5) is 34.3. The van der Waals surface area contributed by atoms with Crippen LogP contribution in [0, 0.1) is 11.8 Å². The fraction of sp³-hybridized carbons (Fsp3) is 0.588. The fourth-order valence-corrected chi connectivity index (χ4v) is 4.69. The summed E-state index contributed by atoms with van der Waals surface area (Å²) in [5, 5.41) is 1.99. The SMILES string of the molecule is O=C(Cc1cn2ccsc2n1)N1CC[C@@H]2CN(C(=O)C3CC3)[C@@H]2C1. The van der Waals surface area contributed by atoms with E-state index in [1.54, 1.807) is 11.3 Å². The lowest BCUT2D eigenvalue weighted by atomic mass is 9.81. The Kier molecular flexibility index (Phi) is 3.20. The molecule has 5 rings (SSSR count). The molecular weight excluding hydrogens is 324 g/mol. The molecule has 2 aliphatic heterocycles. The molecule has 3 aliphatic rings. The fourth-order valence-electron chi connectivity index (χ4n) is 3.97. The molecule has 4 heterocycles. The first kappa shape index (κ1) is 14.5. The number of nitrogens with zero attached hydrogens (tertiary/aromatic N) is 4. The average molecular weight is 344 g/mol. The van der Waals surface area contributed by atoms with Crippen molar-refractivity contribution in [2.24, 2.45) is 11.8 Å². The molecule has 0 unspecified atom stereocenters. The molecule has 0 aromatic carbocycles. The van der Waals surface area contributed by atoms with Gasteiger partial charge in [-0.25, -0.2) is 4.98 Å². The summed E-state index contributed by atoms with van der Waals surface area (Å²) in [5.41, 5.74) is 0.827. The summed E-state index contributed by atoms with van der Waals surface area (Å²) < 4.78 is 1.96. The number of aromatic nitrogens is 2. The molecule has 24 heavy (non-hydrogen) atoms. The number of amides is 2. The Bertz CT molecular complexity index is 780. The number of fused-ring (bicyclic) bond motifs is 2. The predicted molar refractivity (Wildman–Crippen MR) is 89.7 cm³/mol. The molecular formula is C17H20N4O2S. The summed E-state index contributed by atoms with van der Waals surface area (Å²) in [6.45, 7) is 2.41. The monoisotopic (exact) mass is 344 g/mol. The normalized spacial score (nSPS) is 26.3. The van der Waals surface area contributed by atoms with Gasteiger partial charge in [0.1, 0.15) is 0 Å². The zero-order valence-electron chi connectivity index (χ0n) is 13.4. The van der Waals surface area contributed by atoms with Crippen LogP contribution in [0.15, 0.2) is 17.8 Å². The lowest BCUT2D eigenvalue weighted by Gasteiger charge is -2.53. The lowest BCUT2D eigenvalue weighted by molar-refractivity contribution is -0.154. The molecule has 0 radical (unpaired) electrons. The van der Waals surface area contributed by atoms with Crippen LogP contribution in [0.25, 0.3) is 4.96 Å². The second-order valence-electron chi connectivity index (χ2n) is 7.22. The summed E-state index contributed by atoms with van der Waals surface area (Å²) >= 11 is 1.58. The van der Waals surface area contributed by atoms with Gasteiger partial charge in [0, 0.05) is 49.2 Å². The Morgan fingerprint density at radius 1 is 1.25 bits per heavy atom. The van der Waals surface area contributed by atoms with Crippen molar-refractivity contribution in [3.05, 3.63) is 23.5 Å². The maximum absolute atomic E-state index is 12.6. The van der Waals surface area contributed by atoms with Gasteiger partial charge in [0.15, 0.2) is 4.96 Å². The molecule has 0 spiro atoms. The Labute approximate surface area is 144 Å². The average Bonchev–Trinajstić information content (AvgIpc) is 3.20. The number of thiazole rings is 1. The number of imidazole rings is 1. The van der Waals surface area contributed by atoms with E-state index in [0.29, 0.717) is 24.8 Å². The van der Waals surface area contributed by atoms with Crippen LogP contribution in [0.1, 0.15) is 25.0 Å². The van der Waals surface area contributed by atoms with Crippen molar-refractivity contribution >= 4 is 28.1 Å². The highest BCUT2D eigenvalue weighted by Gasteiger charge is 2.48. The Morgan fingerprint density at radius 3 is 2.92 bits per heavy atom. The van der Waals surface area contributed by atoms with Crippen molar-refractivity contribution < 1.29 is 9.59 Å². The number of carbonyl (C=O) groups is 2. The van der Waals surface area contributed by atoms with Gasteiger partial charge in [-0.15, -0.1) is 11.3 Å². The van der Waals surface area contributed by atoms with Crippen LogP contribution in [0.3, 0.4) is 0 Å². The summed E-state index contributed by atoms with van der Waals surface area (Å²) in [6, 6.07) is 0.251. The summed E-state index contributed by atoms with van der Waals surface area (Å²) in [5.74, 6) is 1.31. The molecule has 6 nitrogen and oxygen atoms in total. The van der Waals surface area contributed by atoms with Gasteiger partial charge in [-0.05, 0) is 19.3 Å². The minimum atomic E-state index is 0.130. The number of carbonyl (C=O) groups excluding carboxylic acids is 2. The van der Waals surface area contributed by atoms with Gasteiger partial charge in [-0.3, -0.25) is 14.0 Å². The third-order valence-electron chi connectivity index (χ3n) is 5.59. The molecule has 3 fully saturated rings. The van der Waals surface area contributed by atoms with Crippen molar-refractivity contribution in [3.8, 4) is 0 Å². The summed E-state index contributed by atoms with van der Waals surface area (Å²) in [6.07, 6.45) is 7.36. The zero-order chi connectivity index (χ0) is 16.3. The first-order chi connectivity index (χ1) is 11.7. The van der Waals surface area contributed by atoms with Crippen LogP contribution < -0.4 is 0 Å². The van der Waals surface area contributed by atoms with Crippen molar-refractivity contribution in [1.82, 2.24) is 19.2 Å². The number of hydrogen-bond acceptors (Lipinski definition) is 4. The van der Waals surface area contributed by atoms with E-state index in [0.717, 1.165) is 43.0 Å². The van der Waals surface area contributed by atoms with Crippen LogP contribution in [0.5, 0.6) is 0 Å². The van der Waals surface area contributed by atoms with Gasteiger partial charge < -0.3 is 9.80 Å². The van der Waals surface area contributed by atoms with Gasteiger partial charge in [-0.2, -0.15) is 0 Å². The van der Waals surface area contributed by atoms with Crippen LogP contribution in [-0.4, -0.2) is 56.7 Å². The van der Waals surface area contributed by atoms with Crippen LogP contribution >= 0.6 is 11.3 Å². The van der Waals surface area contributed by atoms with E-state index < -0.39 is 0 Å². The summed E-state index contributed by atoms with van der Waals surface area (Å²) in [7, 11) is 0. The van der Waals surface area contributed by atoms with Gasteiger partial charge in [0.2, 0.25) is 11.8 Å². The standard InChI is InChI=1S/C17H20N4O2S/c22-15(7-13-9-20-5-6-24-17(20)18-13)19-4-3-12-8-21(14(12)10-19)16(23)11-1-2-11/h5-6,9,11-12,14H,1-4,7-8,10H2/t12-,14-/m1/s1. The molecule has 1 saturated carbocycles. The second-order valence-corrected chi connectivity index (χ2v) is 8.10. The van der Waals surface area contributed by atoms with Gasteiger partial charge >= 0.3 is 0 Å². The lowest BCUT2D eigenvalue weighted by Crippen LogP contribution is -2.66. The van der Waals surface area contributed by atoms with Gasteiger partial charge in [0.25, 0.3) is 0 Å². The maximum Gasteiger partial charge on any atom is 0.228 e. The highest BCUT2D eigenvalue weighted by molar-refractivity contribution is 7.15. The van der Waals surface area contributed by atoms with Gasteiger partial charge in [-0.1, -0.05) is 0 Å². The molecule has 0 bridgehead atoms. The Balaban J connectivity index is 1.24. The van der Waals surface area contributed by atoms with Crippen molar-refractivity contribution in [2.45, 2.75) is 31.7 Å². The van der Waals surface area contributed by atoms with Crippen LogP contribution in [0.4, 0.5) is 0 Å². The number of hydrogen-bond donors (Lipinski definition) is 0. The molecule has 2 aromatic heterocycles. The third kappa shape index (κ3) is 2.33. The molecule has 2 saturated heterocycles. The molecule has 2 amide bonds. The van der Waals surface area contributed by atoms with E-state index in [9.17, 15) is 9.59 Å². The Morgan fingerprint density at radius 2 is 2.12 bits per heavy atom. The third-order valence-corrected chi connectivity index (χ3v) is 6.36. The molecule has 2 aromatic rings. The van der Waals surface area contributed by atoms with E-state index in [-0.39, 0.29) is 17.9 Å². The largest absolute Gasteiger partial charge is 0.340 e. The quantitative estimate of drug-likeness (QED) is 0.846. The molecule has 126 valence electrons. The molecule has 0 N–H and O–H groups in total. The number of likely N-dealkylation sites (tertiary alicyclic amines) is 2. The predicted octanol–water partition coefficient (Wildman–Crippen LogP) is 1.41. The van der Waals surface area contributed by atoms with Gasteiger partial charge in [0.05, 0.1) is 18.2 Å². The number of piperidine rings is 1. The van der Waals surface area contributed by atoms with Crippen molar-refractivity contribution in [3.63, 3.8) is 0 Å². The minimum absolute atomic E-state index is 0.130. The van der Waals surface area contributed by atoms with Crippen molar-refractivity contribution in [1.29, 1.82) is 0 Å². The maximum atomic E-state index is 12.6. The van der Waals surface area contributed by atoms with Crippen LogP contribution in [0.2, 0.25) is 0 Å². The highest BCUT2D eigenvalue weighted by atomic mass is 32.1. The highest BCUT2D eigenvalue weighted by Crippen LogP contribution is 2.39. The van der Waals surface area contributed by atoms with E-state index in [4.69, 9.17) is 0 Å². The van der Waals surface area contributed by atoms with E-state index in [2.05, 4.69) is 4.98 Å². The molecule has 2 atom stereocenters. The Hall–Kier alpha value is -1.89. The zero-order valence-corrected chi connectivity index (χ0v) is 14.2. The molecule has 1 aliphatic carbocycles. The van der Waals surface area contributed by atoms with E-state index in [1.807, 2.05) is 32.0 Å². The first-order valence-electron chi connectivity index (χ1n) is 8.68. The molecule has 7 heteroatoms. The van der Waals surface area contributed by atoms with E-state index in [1.165, 1.54) is 0 Å². The topological polar surface area (TPSA) is 57.9 Å². The smallest absolute Gasteiger partial charge is 0.228 e. The van der Waals surface area contributed by atoms with Crippen LogP contribution in [-0.2, 0) is 16.0 Å².